The Morgan fingerprint density at radius 3 is 3.10 bits per heavy atom. The van der Waals surface area contributed by atoms with E-state index in [0.29, 0.717) is 12.8 Å². The van der Waals surface area contributed by atoms with E-state index in [0.717, 1.165) is 36.9 Å². The molecular formula is C17H22N2O2. The summed E-state index contributed by atoms with van der Waals surface area (Å²) >= 11 is 0. The third-order valence-corrected chi connectivity index (χ3v) is 4.38. The van der Waals surface area contributed by atoms with Crippen LogP contribution in [0.15, 0.2) is 30.5 Å². The molecule has 1 fully saturated rings. The smallest absolute Gasteiger partial charge is 0.227 e. The maximum Gasteiger partial charge on any atom is 0.227 e. The Morgan fingerprint density at radius 2 is 2.24 bits per heavy atom. The van der Waals surface area contributed by atoms with Gasteiger partial charge in [0.2, 0.25) is 5.91 Å². The molecule has 1 aliphatic heterocycles. The van der Waals surface area contributed by atoms with Gasteiger partial charge in [-0.25, -0.2) is 0 Å². The summed E-state index contributed by atoms with van der Waals surface area (Å²) in [5.41, 5.74) is 2.12. The van der Waals surface area contributed by atoms with E-state index in [1.807, 2.05) is 23.2 Å². The van der Waals surface area contributed by atoms with Gasteiger partial charge in [0.1, 0.15) is 0 Å². The second-order valence-corrected chi connectivity index (χ2v) is 5.83. The SMILES string of the molecule is O=C(Cc1ccc2cc[nH]c2c1)N1CCCCC1CCO. The molecule has 112 valence electrons. The number of aliphatic hydroxyl groups is 1. The first-order chi connectivity index (χ1) is 10.3. The predicted octanol–water partition coefficient (Wildman–Crippen LogP) is 2.47. The Hall–Kier alpha value is -1.81. The molecule has 21 heavy (non-hydrogen) atoms. The summed E-state index contributed by atoms with van der Waals surface area (Å²) in [5.74, 6) is 0.180. The number of likely N-dealkylation sites (tertiary alicyclic amines) is 1. The standard InChI is InChI=1S/C17H22N2O2/c20-10-7-15-3-1-2-9-19(15)17(21)12-13-4-5-14-6-8-18-16(14)11-13/h4-6,8,11,15,18,20H,1-3,7,9-10,12H2. The largest absolute Gasteiger partial charge is 0.396 e. The summed E-state index contributed by atoms with van der Waals surface area (Å²) in [4.78, 5) is 17.7. The molecule has 1 aromatic carbocycles. The van der Waals surface area contributed by atoms with Crippen molar-refractivity contribution in [2.75, 3.05) is 13.2 Å². The Kier molecular flexibility index (Phi) is 4.25. The van der Waals surface area contributed by atoms with Crippen LogP contribution < -0.4 is 0 Å². The van der Waals surface area contributed by atoms with Crippen molar-refractivity contribution in [1.82, 2.24) is 9.88 Å². The predicted molar refractivity (Wildman–Crippen MR) is 83.1 cm³/mol. The molecule has 2 heterocycles. The van der Waals surface area contributed by atoms with Crippen molar-refractivity contribution in [1.29, 1.82) is 0 Å². The van der Waals surface area contributed by atoms with Gasteiger partial charge in [-0.05, 0) is 48.8 Å². The minimum atomic E-state index is 0.156. The van der Waals surface area contributed by atoms with Gasteiger partial charge in [-0.3, -0.25) is 4.79 Å². The highest BCUT2D eigenvalue weighted by Gasteiger charge is 2.26. The number of piperidine rings is 1. The van der Waals surface area contributed by atoms with E-state index in [-0.39, 0.29) is 18.6 Å². The van der Waals surface area contributed by atoms with Crippen LogP contribution in [-0.4, -0.2) is 40.1 Å². The molecular weight excluding hydrogens is 264 g/mol. The Labute approximate surface area is 124 Å². The van der Waals surface area contributed by atoms with Gasteiger partial charge in [-0.2, -0.15) is 0 Å². The van der Waals surface area contributed by atoms with Gasteiger partial charge in [-0.15, -0.1) is 0 Å². The number of benzene rings is 1. The molecule has 1 saturated heterocycles. The second kappa shape index (κ2) is 6.31. The third-order valence-electron chi connectivity index (χ3n) is 4.38. The molecule has 0 saturated carbocycles. The first-order valence-electron chi connectivity index (χ1n) is 7.74. The normalized spacial score (nSPS) is 19.1. The Bertz CT molecular complexity index is 618. The molecule has 2 N–H and O–H groups in total. The monoisotopic (exact) mass is 286 g/mol. The number of carbonyl (C=O) groups excluding carboxylic acids is 1. The van der Waals surface area contributed by atoms with Crippen LogP contribution >= 0.6 is 0 Å². The number of fused-ring (bicyclic) bond motifs is 1. The number of aromatic nitrogens is 1. The lowest BCUT2D eigenvalue weighted by molar-refractivity contribution is -0.134. The zero-order valence-electron chi connectivity index (χ0n) is 12.2. The van der Waals surface area contributed by atoms with Crippen molar-refractivity contribution in [2.24, 2.45) is 0 Å². The lowest BCUT2D eigenvalue weighted by Gasteiger charge is -2.35. The zero-order chi connectivity index (χ0) is 14.7. The first-order valence-corrected chi connectivity index (χ1v) is 7.74. The fraction of sp³-hybridized carbons (Fsp3) is 0.471. The highest BCUT2D eigenvalue weighted by atomic mass is 16.3. The number of hydrogen-bond donors (Lipinski definition) is 2. The fourth-order valence-corrected chi connectivity index (χ4v) is 3.26. The van der Waals surface area contributed by atoms with Gasteiger partial charge in [0.05, 0.1) is 6.42 Å². The van der Waals surface area contributed by atoms with Crippen molar-refractivity contribution < 1.29 is 9.90 Å². The van der Waals surface area contributed by atoms with E-state index in [1.165, 1.54) is 5.39 Å². The summed E-state index contributed by atoms with van der Waals surface area (Å²) < 4.78 is 0. The minimum absolute atomic E-state index is 0.156. The van der Waals surface area contributed by atoms with Gasteiger partial charge in [0, 0.05) is 30.9 Å². The molecule has 1 atom stereocenters. The van der Waals surface area contributed by atoms with E-state index < -0.39 is 0 Å². The number of nitrogens with zero attached hydrogens (tertiary/aromatic N) is 1. The molecule has 1 amide bonds. The van der Waals surface area contributed by atoms with Crippen molar-refractivity contribution >= 4 is 16.8 Å². The summed E-state index contributed by atoms with van der Waals surface area (Å²) in [6, 6.07) is 8.38. The Morgan fingerprint density at radius 1 is 1.33 bits per heavy atom. The molecule has 1 unspecified atom stereocenters. The van der Waals surface area contributed by atoms with Gasteiger partial charge >= 0.3 is 0 Å². The molecule has 2 aromatic rings. The van der Waals surface area contributed by atoms with Crippen LogP contribution in [0.2, 0.25) is 0 Å². The van der Waals surface area contributed by atoms with Crippen molar-refractivity contribution in [3.63, 3.8) is 0 Å². The summed E-state index contributed by atoms with van der Waals surface area (Å²) in [5, 5.41) is 10.3. The van der Waals surface area contributed by atoms with Crippen LogP contribution in [0.4, 0.5) is 0 Å². The highest BCUT2D eigenvalue weighted by Crippen LogP contribution is 2.21. The molecule has 0 radical (unpaired) electrons. The minimum Gasteiger partial charge on any atom is -0.396 e. The average molecular weight is 286 g/mol. The van der Waals surface area contributed by atoms with E-state index in [9.17, 15) is 4.79 Å². The number of rotatable bonds is 4. The Balaban J connectivity index is 1.71. The van der Waals surface area contributed by atoms with Gasteiger partial charge in [-0.1, -0.05) is 12.1 Å². The van der Waals surface area contributed by atoms with Gasteiger partial charge in [0.25, 0.3) is 0 Å². The molecule has 4 nitrogen and oxygen atoms in total. The van der Waals surface area contributed by atoms with E-state index in [1.54, 1.807) is 0 Å². The number of aliphatic hydroxyl groups excluding tert-OH is 1. The zero-order valence-corrected chi connectivity index (χ0v) is 12.2. The van der Waals surface area contributed by atoms with Crippen LogP contribution in [0.3, 0.4) is 0 Å². The fourth-order valence-electron chi connectivity index (χ4n) is 3.26. The van der Waals surface area contributed by atoms with Crippen LogP contribution in [0.25, 0.3) is 10.9 Å². The number of nitrogens with one attached hydrogen (secondary N) is 1. The van der Waals surface area contributed by atoms with Crippen molar-refractivity contribution in [2.45, 2.75) is 38.1 Å². The van der Waals surface area contributed by atoms with E-state index in [2.05, 4.69) is 17.1 Å². The number of amides is 1. The lowest BCUT2D eigenvalue weighted by Crippen LogP contribution is -2.44. The maximum absolute atomic E-state index is 12.6. The van der Waals surface area contributed by atoms with Crippen LogP contribution in [0.5, 0.6) is 0 Å². The van der Waals surface area contributed by atoms with Gasteiger partial charge < -0.3 is 15.0 Å². The quantitative estimate of drug-likeness (QED) is 0.907. The van der Waals surface area contributed by atoms with Crippen molar-refractivity contribution in [3.05, 3.63) is 36.0 Å². The van der Waals surface area contributed by atoms with E-state index >= 15 is 0 Å². The second-order valence-electron chi connectivity index (χ2n) is 5.83. The average Bonchev–Trinajstić information content (AvgIpc) is 2.95. The topological polar surface area (TPSA) is 56.3 Å². The van der Waals surface area contributed by atoms with Gasteiger partial charge in [0.15, 0.2) is 0 Å². The van der Waals surface area contributed by atoms with Crippen LogP contribution in [0, 0.1) is 0 Å². The molecule has 3 rings (SSSR count). The first kappa shape index (κ1) is 14.1. The van der Waals surface area contributed by atoms with Crippen LogP contribution in [-0.2, 0) is 11.2 Å². The lowest BCUT2D eigenvalue weighted by atomic mass is 9.98. The number of carbonyl (C=O) groups is 1. The number of hydrogen-bond acceptors (Lipinski definition) is 2. The molecule has 1 aliphatic rings. The highest BCUT2D eigenvalue weighted by molar-refractivity contribution is 5.83. The van der Waals surface area contributed by atoms with E-state index in [4.69, 9.17) is 5.11 Å². The molecule has 4 heteroatoms. The van der Waals surface area contributed by atoms with Crippen molar-refractivity contribution in [3.8, 4) is 0 Å². The molecule has 0 spiro atoms. The third kappa shape index (κ3) is 3.10. The molecule has 0 aliphatic carbocycles. The molecule has 1 aromatic heterocycles. The van der Waals surface area contributed by atoms with Crippen LogP contribution in [0.1, 0.15) is 31.2 Å². The number of aromatic amines is 1. The summed E-state index contributed by atoms with van der Waals surface area (Å²) in [6.07, 6.45) is 6.30. The summed E-state index contributed by atoms with van der Waals surface area (Å²) in [7, 11) is 0. The maximum atomic E-state index is 12.6. The summed E-state index contributed by atoms with van der Waals surface area (Å²) in [6.45, 7) is 0.983. The number of H-pyrrole nitrogens is 1. The molecule has 0 bridgehead atoms.